The van der Waals surface area contributed by atoms with Crippen molar-refractivity contribution in [3.8, 4) is 0 Å². The predicted molar refractivity (Wildman–Crippen MR) is 94.3 cm³/mol. The molecule has 0 bridgehead atoms. The topological polar surface area (TPSA) is 54.3 Å². The van der Waals surface area contributed by atoms with Crippen molar-refractivity contribution in [1.29, 1.82) is 0 Å². The fourth-order valence-electron chi connectivity index (χ4n) is 3.30. The van der Waals surface area contributed by atoms with Gasteiger partial charge in [-0.25, -0.2) is 9.97 Å². The predicted octanol–water partition coefficient (Wildman–Crippen LogP) is 2.38. The number of carbonyl (C=O) groups excluding carboxylic acids is 1. The van der Waals surface area contributed by atoms with E-state index < -0.39 is 0 Å². The van der Waals surface area contributed by atoms with Gasteiger partial charge in [0.05, 0.1) is 6.04 Å². The number of hydrogen-bond donors (Lipinski definition) is 0. The van der Waals surface area contributed by atoms with Crippen LogP contribution in [0.5, 0.6) is 0 Å². The molecule has 0 spiro atoms. The molecule has 0 radical (unpaired) electrons. The molecule has 1 fully saturated rings. The monoisotopic (exact) mass is 327 g/mol. The molecule has 2 aromatic rings. The first-order chi connectivity index (χ1) is 11.6. The molecule has 24 heavy (non-hydrogen) atoms. The van der Waals surface area contributed by atoms with Gasteiger partial charge in [-0.1, -0.05) is 6.92 Å². The Kier molecular flexibility index (Phi) is 4.83. The van der Waals surface area contributed by atoms with E-state index in [1.54, 1.807) is 12.3 Å². The van der Waals surface area contributed by atoms with Crippen molar-refractivity contribution < 1.29 is 4.79 Å². The van der Waals surface area contributed by atoms with Gasteiger partial charge in [0, 0.05) is 57.8 Å². The molecular formula is C18H25N5O. The Hall–Kier alpha value is -2.37. The van der Waals surface area contributed by atoms with Gasteiger partial charge in [0.15, 0.2) is 0 Å². The molecule has 2 aromatic heterocycles. The summed E-state index contributed by atoms with van der Waals surface area (Å²) in [5, 5.41) is 0. The SMILES string of the molecule is CCc1nccn1[C@@H]1CCCN(C(=O)c2ccnc(N(C)C)c2)C1. The van der Waals surface area contributed by atoms with Gasteiger partial charge in [-0.15, -0.1) is 0 Å². The number of hydrogen-bond acceptors (Lipinski definition) is 4. The zero-order valence-corrected chi connectivity index (χ0v) is 14.6. The zero-order valence-electron chi connectivity index (χ0n) is 14.6. The van der Waals surface area contributed by atoms with Crippen molar-refractivity contribution in [2.24, 2.45) is 0 Å². The molecule has 128 valence electrons. The van der Waals surface area contributed by atoms with E-state index in [4.69, 9.17) is 0 Å². The highest BCUT2D eigenvalue weighted by atomic mass is 16.2. The average molecular weight is 327 g/mol. The van der Waals surface area contributed by atoms with Crippen molar-refractivity contribution in [2.45, 2.75) is 32.2 Å². The molecule has 0 aliphatic carbocycles. The number of imidazole rings is 1. The first kappa shape index (κ1) is 16.5. The molecule has 3 heterocycles. The minimum atomic E-state index is 0.0864. The van der Waals surface area contributed by atoms with Crippen molar-refractivity contribution in [1.82, 2.24) is 19.4 Å². The van der Waals surface area contributed by atoms with Gasteiger partial charge >= 0.3 is 0 Å². The van der Waals surface area contributed by atoms with E-state index in [1.807, 2.05) is 42.4 Å². The maximum absolute atomic E-state index is 12.9. The number of pyridine rings is 1. The minimum absolute atomic E-state index is 0.0864. The van der Waals surface area contributed by atoms with E-state index in [-0.39, 0.29) is 5.91 Å². The van der Waals surface area contributed by atoms with Crippen LogP contribution in [0.3, 0.4) is 0 Å². The fraction of sp³-hybridized carbons (Fsp3) is 0.500. The molecular weight excluding hydrogens is 302 g/mol. The number of carbonyl (C=O) groups is 1. The van der Waals surface area contributed by atoms with E-state index in [1.165, 1.54) is 0 Å². The molecule has 0 unspecified atom stereocenters. The quantitative estimate of drug-likeness (QED) is 0.865. The number of nitrogens with zero attached hydrogens (tertiary/aromatic N) is 5. The third-order valence-electron chi connectivity index (χ3n) is 4.59. The Morgan fingerprint density at radius 1 is 1.33 bits per heavy atom. The van der Waals surface area contributed by atoms with Crippen molar-refractivity contribution in [3.63, 3.8) is 0 Å². The van der Waals surface area contributed by atoms with Crippen LogP contribution in [0.4, 0.5) is 5.82 Å². The normalized spacial score (nSPS) is 17.8. The summed E-state index contributed by atoms with van der Waals surface area (Å²) in [6.45, 7) is 3.66. The van der Waals surface area contributed by atoms with Gasteiger partial charge in [0.2, 0.25) is 0 Å². The van der Waals surface area contributed by atoms with E-state index in [0.717, 1.165) is 44.0 Å². The summed E-state index contributed by atoms with van der Waals surface area (Å²) < 4.78 is 2.23. The van der Waals surface area contributed by atoms with Gasteiger partial charge in [0.25, 0.3) is 5.91 Å². The molecule has 0 N–H and O–H groups in total. The third kappa shape index (κ3) is 3.27. The van der Waals surface area contributed by atoms with Gasteiger partial charge in [-0.05, 0) is 25.0 Å². The Morgan fingerprint density at radius 3 is 2.92 bits per heavy atom. The van der Waals surface area contributed by atoms with Gasteiger partial charge in [-0.3, -0.25) is 4.79 Å². The number of rotatable bonds is 4. The van der Waals surface area contributed by atoms with Crippen molar-refractivity contribution in [3.05, 3.63) is 42.1 Å². The highest BCUT2D eigenvalue weighted by Crippen LogP contribution is 2.24. The second-order valence-corrected chi connectivity index (χ2v) is 6.45. The second kappa shape index (κ2) is 7.03. The molecule has 1 atom stereocenters. The number of anilines is 1. The highest BCUT2D eigenvalue weighted by molar-refractivity contribution is 5.94. The lowest BCUT2D eigenvalue weighted by molar-refractivity contribution is 0.0678. The average Bonchev–Trinajstić information content (AvgIpc) is 3.10. The maximum Gasteiger partial charge on any atom is 0.254 e. The Labute approximate surface area is 143 Å². The molecule has 3 rings (SSSR count). The molecule has 1 saturated heterocycles. The Bertz CT molecular complexity index is 709. The number of piperidine rings is 1. The van der Waals surface area contributed by atoms with Crippen LogP contribution in [-0.2, 0) is 6.42 Å². The standard InChI is InChI=1S/C18H25N5O/c1-4-16-20-9-11-23(16)15-6-5-10-22(13-15)18(24)14-7-8-19-17(12-14)21(2)3/h7-9,11-12,15H,4-6,10,13H2,1-3H3/t15-/m1/s1. The largest absolute Gasteiger partial charge is 0.363 e. The fourth-order valence-corrected chi connectivity index (χ4v) is 3.30. The Morgan fingerprint density at radius 2 is 2.17 bits per heavy atom. The van der Waals surface area contributed by atoms with Crippen molar-refractivity contribution >= 4 is 11.7 Å². The number of aromatic nitrogens is 3. The van der Waals surface area contributed by atoms with Crippen LogP contribution in [0.2, 0.25) is 0 Å². The lowest BCUT2D eigenvalue weighted by atomic mass is 10.0. The highest BCUT2D eigenvalue weighted by Gasteiger charge is 2.26. The lowest BCUT2D eigenvalue weighted by Crippen LogP contribution is -2.41. The molecule has 1 aliphatic rings. The molecule has 1 aliphatic heterocycles. The molecule has 6 heteroatoms. The second-order valence-electron chi connectivity index (χ2n) is 6.45. The first-order valence-electron chi connectivity index (χ1n) is 8.54. The van der Waals surface area contributed by atoms with E-state index in [0.29, 0.717) is 11.6 Å². The lowest BCUT2D eigenvalue weighted by Gasteiger charge is -2.34. The molecule has 0 aromatic carbocycles. The summed E-state index contributed by atoms with van der Waals surface area (Å²) in [5.41, 5.74) is 0.704. The summed E-state index contributed by atoms with van der Waals surface area (Å²) in [6.07, 6.45) is 8.61. The van der Waals surface area contributed by atoms with E-state index >= 15 is 0 Å². The van der Waals surface area contributed by atoms with E-state index in [9.17, 15) is 4.79 Å². The van der Waals surface area contributed by atoms with Gasteiger partial charge in [0.1, 0.15) is 11.6 Å². The molecule has 1 amide bonds. The third-order valence-corrected chi connectivity index (χ3v) is 4.59. The summed E-state index contributed by atoms with van der Waals surface area (Å²) in [5.74, 6) is 1.98. The minimum Gasteiger partial charge on any atom is -0.363 e. The van der Waals surface area contributed by atoms with Crippen LogP contribution in [0.15, 0.2) is 30.7 Å². The van der Waals surface area contributed by atoms with Crippen LogP contribution in [0.1, 0.15) is 42.0 Å². The van der Waals surface area contributed by atoms with Crippen LogP contribution in [0, 0.1) is 0 Å². The first-order valence-corrected chi connectivity index (χ1v) is 8.54. The summed E-state index contributed by atoms with van der Waals surface area (Å²) in [7, 11) is 3.86. The number of amides is 1. The van der Waals surface area contributed by atoms with E-state index in [2.05, 4.69) is 21.5 Å². The summed E-state index contributed by atoms with van der Waals surface area (Å²) in [4.78, 5) is 25.5. The Balaban J connectivity index is 1.77. The number of aryl methyl sites for hydroxylation is 1. The van der Waals surface area contributed by atoms with Gasteiger partial charge in [-0.2, -0.15) is 0 Å². The maximum atomic E-state index is 12.9. The number of likely N-dealkylation sites (tertiary alicyclic amines) is 1. The van der Waals surface area contributed by atoms with Crippen LogP contribution < -0.4 is 4.90 Å². The zero-order chi connectivity index (χ0) is 17.1. The van der Waals surface area contributed by atoms with Crippen molar-refractivity contribution in [2.75, 3.05) is 32.1 Å². The molecule has 0 saturated carbocycles. The van der Waals surface area contributed by atoms with Crippen LogP contribution >= 0.6 is 0 Å². The summed E-state index contributed by atoms with van der Waals surface area (Å²) in [6, 6.07) is 3.98. The molecule has 6 nitrogen and oxygen atoms in total. The smallest absolute Gasteiger partial charge is 0.254 e. The van der Waals surface area contributed by atoms with Crippen LogP contribution in [0.25, 0.3) is 0 Å². The van der Waals surface area contributed by atoms with Gasteiger partial charge < -0.3 is 14.4 Å². The van der Waals surface area contributed by atoms with Crippen LogP contribution in [-0.4, -0.2) is 52.5 Å². The summed E-state index contributed by atoms with van der Waals surface area (Å²) >= 11 is 0.